The third-order valence-electron chi connectivity index (χ3n) is 5.85. The van der Waals surface area contributed by atoms with Crippen LogP contribution in [0.25, 0.3) is 11.0 Å². The third-order valence-corrected chi connectivity index (χ3v) is 5.85. The number of rotatable bonds is 8. The first kappa shape index (κ1) is 25.7. The number of hydrogen-bond acceptors (Lipinski definition) is 5. The van der Waals surface area contributed by atoms with Gasteiger partial charge in [0.25, 0.3) is 0 Å². The Morgan fingerprint density at radius 3 is 2.65 bits per heavy atom. The maximum Gasteiger partial charge on any atom is 0.191 e. The molecule has 0 amide bonds. The van der Waals surface area contributed by atoms with Crippen molar-refractivity contribution in [3.05, 3.63) is 30.0 Å². The Bertz CT molecular complexity index is 846. The highest BCUT2D eigenvalue weighted by Crippen LogP contribution is 2.31. The summed E-state index contributed by atoms with van der Waals surface area (Å²) in [5.41, 5.74) is 0.828. The first-order valence-electron chi connectivity index (χ1n) is 10.9. The largest absolute Gasteiger partial charge is 0.490 e. The monoisotopic (exact) mass is 544 g/mol. The zero-order chi connectivity index (χ0) is 21.6. The van der Waals surface area contributed by atoms with Gasteiger partial charge in [0.1, 0.15) is 5.76 Å². The van der Waals surface area contributed by atoms with Crippen molar-refractivity contribution in [2.75, 3.05) is 47.0 Å². The molecule has 3 rings (SSSR count). The van der Waals surface area contributed by atoms with Gasteiger partial charge in [0, 0.05) is 30.7 Å². The summed E-state index contributed by atoms with van der Waals surface area (Å²) in [4.78, 5) is 7.22. The van der Waals surface area contributed by atoms with Gasteiger partial charge in [0.05, 0.1) is 19.2 Å². The number of guanidine groups is 1. The van der Waals surface area contributed by atoms with Crippen LogP contribution in [0, 0.1) is 0 Å². The van der Waals surface area contributed by atoms with Gasteiger partial charge in [-0.2, -0.15) is 0 Å². The number of benzene rings is 1. The number of nitrogens with zero attached hydrogens (tertiary/aromatic N) is 2. The van der Waals surface area contributed by atoms with Crippen LogP contribution in [0.1, 0.15) is 45.4 Å². The molecule has 1 aliphatic rings. The molecule has 7 nitrogen and oxygen atoms in total. The van der Waals surface area contributed by atoms with Crippen molar-refractivity contribution >= 4 is 40.9 Å². The Hall–Kier alpha value is -1.52. The van der Waals surface area contributed by atoms with Crippen LogP contribution in [0.2, 0.25) is 0 Å². The average molecular weight is 544 g/mol. The maximum atomic E-state index is 6.15. The van der Waals surface area contributed by atoms with Crippen molar-refractivity contribution in [2.45, 2.75) is 45.2 Å². The van der Waals surface area contributed by atoms with Crippen LogP contribution >= 0.6 is 24.0 Å². The Morgan fingerprint density at radius 2 is 2.00 bits per heavy atom. The van der Waals surface area contributed by atoms with Crippen LogP contribution in [0.5, 0.6) is 5.75 Å². The van der Waals surface area contributed by atoms with Gasteiger partial charge in [-0.1, -0.05) is 12.1 Å². The average Bonchev–Trinajstić information content (AvgIpc) is 3.18. The highest BCUT2D eigenvalue weighted by molar-refractivity contribution is 14.0. The van der Waals surface area contributed by atoms with Crippen LogP contribution in [0.3, 0.4) is 0 Å². The number of nitrogens with one attached hydrogen (secondary N) is 2. The lowest BCUT2D eigenvalue weighted by molar-refractivity contribution is -0.00255. The molecule has 1 unspecified atom stereocenters. The second-order valence-electron chi connectivity index (χ2n) is 8.05. The minimum Gasteiger partial charge on any atom is -0.490 e. The summed E-state index contributed by atoms with van der Waals surface area (Å²) in [6, 6.07) is 8.01. The molecule has 0 saturated carbocycles. The Balaban J connectivity index is 0.00000341. The van der Waals surface area contributed by atoms with Gasteiger partial charge >= 0.3 is 0 Å². The smallest absolute Gasteiger partial charge is 0.191 e. The van der Waals surface area contributed by atoms with E-state index in [1.807, 2.05) is 25.1 Å². The highest BCUT2D eigenvalue weighted by Gasteiger charge is 2.34. The van der Waals surface area contributed by atoms with Gasteiger partial charge in [-0.25, -0.2) is 0 Å². The maximum absolute atomic E-state index is 6.15. The van der Waals surface area contributed by atoms with E-state index in [2.05, 4.69) is 49.5 Å². The summed E-state index contributed by atoms with van der Waals surface area (Å²) in [5.74, 6) is 2.43. The number of hydrogen-bond donors (Lipinski definition) is 2. The minimum atomic E-state index is -0.0327. The number of aliphatic imine (C=N–C) groups is 1. The summed E-state index contributed by atoms with van der Waals surface area (Å²) in [5, 5.41) is 7.91. The summed E-state index contributed by atoms with van der Waals surface area (Å²) in [6.07, 6.45) is 1.98. The molecule has 1 saturated heterocycles. The van der Waals surface area contributed by atoms with E-state index >= 15 is 0 Å². The topological polar surface area (TPSA) is 71.3 Å². The van der Waals surface area contributed by atoms with E-state index in [0.717, 1.165) is 67.6 Å². The van der Waals surface area contributed by atoms with Crippen molar-refractivity contribution in [2.24, 2.45) is 4.99 Å². The van der Waals surface area contributed by atoms with E-state index in [1.54, 1.807) is 0 Å². The molecular formula is C23H37IN4O3. The standard InChI is InChI=1S/C23H36N4O3.HI/c1-6-24-22(25-16-23(27(4)5)11-13-28-14-12-23)26-17(3)20-15-18-9-8-10-19(29-7-2)21(18)30-20;/h8-10,15,17H,6-7,11-14,16H2,1-5H3,(H2,24,25,26);1H. The number of ether oxygens (including phenoxy) is 2. The zero-order valence-electron chi connectivity index (χ0n) is 19.4. The molecule has 2 heterocycles. The Kier molecular flexibility index (Phi) is 9.90. The molecule has 0 aliphatic carbocycles. The fourth-order valence-electron chi connectivity index (χ4n) is 3.86. The molecule has 174 valence electrons. The van der Waals surface area contributed by atoms with Crippen molar-refractivity contribution in [3.8, 4) is 5.75 Å². The first-order chi connectivity index (χ1) is 14.5. The predicted octanol–water partition coefficient (Wildman–Crippen LogP) is 4.18. The molecule has 1 aromatic carbocycles. The van der Waals surface area contributed by atoms with Crippen LogP contribution < -0.4 is 15.4 Å². The van der Waals surface area contributed by atoms with Crippen LogP contribution in [-0.2, 0) is 4.74 Å². The molecule has 2 aromatic rings. The van der Waals surface area contributed by atoms with Crippen LogP contribution in [0.15, 0.2) is 33.7 Å². The number of furan rings is 1. The third kappa shape index (κ3) is 6.26. The fraction of sp³-hybridized carbons (Fsp3) is 0.609. The second-order valence-corrected chi connectivity index (χ2v) is 8.05. The number of para-hydroxylation sites is 1. The fourth-order valence-corrected chi connectivity index (χ4v) is 3.86. The Labute approximate surface area is 203 Å². The number of halogens is 1. The van der Waals surface area contributed by atoms with E-state index < -0.39 is 0 Å². The molecule has 1 aliphatic heterocycles. The first-order valence-corrected chi connectivity index (χ1v) is 10.9. The van der Waals surface area contributed by atoms with Crippen molar-refractivity contribution in [1.82, 2.24) is 15.5 Å². The minimum absolute atomic E-state index is 0. The van der Waals surface area contributed by atoms with Gasteiger partial charge < -0.3 is 29.4 Å². The van der Waals surface area contributed by atoms with Gasteiger partial charge in [-0.15, -0.1) is 24.0 Å². The van der Waals surface area contributed by atoms with Gasteiger partial charge in [-0.3, -0.25) is 4.99 Å². The van der Waals surface area contributed by atoms with Crippen LogP contribution in [-0.4, -0.2) is 63.4 Å². The molecule has 8 heteroatoms. The Morgan fingerprint density at radius 1 is 1.26 bits per heavy atom. The van der Waals surface area contributed by atoms with Gasteiger partial charge in [0.15, 0.2) is 17.3 Å². The molecule has 0 spiro atoms. The molecule has 31 heavy (non-hydrogen) atoms. The summed E-state index contributed by atoms with van der Waals surface area (Å²) in [6.45, 7) is 9.84. The van der Waals surface area contributed by atoms with E-state index in [4.69, 9.17) is 18.9 Å². The summed E-state index contributed by atoms with van der Waals surface area (Å²) >= 11 is 0. The zero-order valence-corrected chi connectivity index (χ0v) is 21.7. The number of likely N-dealkylation sites (N-methyl/N-ethyl adjacent to an activating group) is 1. The molecule has 0 radical (unpaired) electrons. The number of fused-ring (bicyclic) bond motifs is 1. The van der Waals surface area contributed by atoms with E-state index in [1.165, 1.54) is 0 Å². The lowest BCUT2D eigenvalue weighted by atomic mass is 9.89. The van der Waals surface area contributed by atoms with Crippen LogP contribution in [0.4, 0.5) is 0 Å². The normalized spacial score (nSPS) is 17.3. The molecule has 0 bridgehead atoms. The van der Waals surface area contributed by atoms with Crippen molar-refractivity contribution in [3.63, 3.8) is 0 Å². The molecule has 1 aromatic heterocycles. The van der Waals surface area contributed by atoms with E-state index in [0.29, 0.717) is 6.61 Å². The second kappa shape index (κ2) is 11.9. The molecule has 1 fully saturated rings. The highest BCUT2D eigenvalue weighted by atomic mass is 127. The van der Waals surface area contributed by atoms with Crippen molar-refractivity contribution < 1.29 is 13.9 Å². The summed E-state index contributed by atoms with van der Waals surface area (Å²) < 4.78 is 17.4. The SMILES string of the molecule is CCNC(=NCC1(N(C)C)CCOCC1)NC(C)c1cc2cccc(OCC)c2o1.I. The van der Waals surface area contributed by atoms with Gasteiger partial charge in [-0.05, 0) is 59.8 Å². The van der Waals surface area contributed by atoms with E-state index in [9.17, 15) is 0 Å². The quantitative estimate of drug-likeness (QED) is 0.295. The lowest BCUT2D eigenvalue weighted by Crippen LogP contribution is -2.51. The van der Waals surface area contributed by atoms with E-state index in [-0.39, 0.29) is 35.6 Å². The lowest BCUT2D eigenvalue weighted by Gasteiger charge is -2.41. The summed E-state index contributed by atoms with van der Waals surface area (Å²) in [7, 11) is 4.27. The van der Waals surface area contributed by atoms with Gasteiger partial charge in [0.2, 0.25) is 0 Å². The molecular weight excluding hydrogens is 507 g/mol. The van der Waals surface area contributed by atoms with Crippen molar-refractivity contribution in [1.29, 1.82) is 0 Å². The molecule has 2 N–H and O–H groups in total. The predicted molar refractivity (Wildman–Crippen MR) is 137 cm³/mol. The molecule has 1 atom stereocenters.